The zero-order valence-electron chi connectivity index (χ0n) is 3.80. The Hall–Kier alpha value is 1.00. The van der Waals surface area contributed by atoms with Gasteiger partial charge in [-0.1, -0.05) is 0 Å². The fraction of sp³-hybridized carbons (Fsp3) is 1.00. The minimum absolute atomic E-state index is 0. The van der Waals surface area contributed by atoms with Crippen LogP contribution in [0.3, 0.4) is 0 Å². The van der Waals surface area contributed by atoms with Crippen molar-refractivity contribution in [3.63, 3.8) is 0 Å². The summed E-state index contributed by atoms with van der Waals surface area (Å²) >= 11 is 3.53. The summed E-state index contributed by atoms with van der Waals surface area (Å²) in [5.74, 6) is -0.276. The van der Waals surface area contributed by atoms with Gasteiger partial charge in [0.25, 0.3) is 0 Å². The van der Waals surface area contributed by atoms with Crippen LogP contribution in [0, 0.1) is 0 Å². The van der Waals surface area contributed by atoms with Gasteiger partial charge in [0.05, 0.1) is 10.1 Å². The Balaban J connectivity index is 0. The first-order valence-corrected chi connectivity index (χ1v) is 3.81. The van der Waals surface area contributed by atoms with Crippen molar-refractivity contribution >= 4 is 22.7 Å². The fourth-order valence-corrected chi connectivity index (χ4v) is 1.01. The van der Waals surface area contributed by atoms with Crippen molar-refractivity contribution in [3.05, 3.63) is 0 Å². The summed E-state index contributed by atoms with van der Waals surface area (Å²) in [4.78, 5) is 0. The van der Waals surface area contributed by atoms with Crippen molar-refractivity contribution in [2.45, 2.75) is 0 Å². The number of thiol groups is 1. The minimum atomic E-state index is -4.00. The number of rotatable bonds is 2. The molecule has 54 valence electrons. The van der Waals surface area contributed by atoms with Gasteiger partial charge in [0.1, 0.15) is 0 Å². The largest absolute Gasteiger partial charge is 1.00 e. The molecule has 3 nitrogen and oxygen atoms in total. The first-order valence-electron chi connectivity index (χ1n) is 1.60. The van der Waals surface area contributed by atoms with E-state index in [1.54, 1.807) is 0 Å². The molecule has 0 atom stereocenters. The van der Waals surface area contributed by atoms with Crippen molar-refractivity contribution in [3.8, 4) is 0 Å². The molecule has 6 heteroatoms. The molecule has 0 aromatic rings. The molecule has 0 N–H and O–H groups in total. The van der Waals surface area contributed by atoms with Gasteiger partial charge in [-0.3, -0.25) is 0 Å². The van der Waals surface area contributed by atoms with Gasteiger partial charge in [0.2, 0.25) is 0 Å². The van der Waals surface area contributed by atoms with E-state index < -0.39 is 10.1 Å². The first kappa shape index (κ1) is 11.8. The van der Waals surface area contributed by atoms with Gasteiger partial charge in [-0.2, -0.15) is 12.6 Å². The van der Waals surface area contributed by atoms with Gasteiger partial charge >= 0.3 is 22.4 Å². The molecule has 0 rings (SSSR count). The van der Waals surface area contributed by atoms with Crippen LogP contribution in [0.5, 0.6) is 0 Å². The van der Waals surface area contributed by atoms with E-state index in [-0.39, 0.29) is 33.9 Å². The monoisotopic (exact) mass is 338 g/mol. The van der Waals surface area contributed by atoms with Crippen molar-refractivity contribution < 1.29 is 35.4 Å². The Morgan fingerprint density at radius 1 is 1.50 bits per heavy atom. The summed E-state index contributed by atoms with van der Waals surface area (Å²) in [6.07, 6.45) is 0. The third kappa shape index (κ3) is 10.1. The second-order valence-electron chi connectivity index (χ2n) is 0.985. The van der Waals surface area contributed by atoms with Crippen LogP contribution >= 0.6 is 12.6 Å². The quantitative estimate of drug-likeness (QED) is 0.418. The molecule has 0 heterocycles. The van der Waals surface area contributed by atoms with Gasteiger partial charge in [-0.15, -0.1) is 0 Å². The molecule has 0 amide bonds. The molecule has 0 aliphatic rings. The van der Waals surface area contributed by atoms with Crippen LogP contribution in [0.4, 0.5) is 0 Å². The molecule has 0 aromatic carbocycles. The summed E-state index contributed by atoms with van der Waals surface area (Å²) in [5, 5.41) is 0. The van der Waals surface area contributed by atoms with E-state index in [9.17, 15) is 13.0 Å². The molecular formula is C2H5AuO3S2. The maximum atomic E-state index is 9.63. The Morgan fingerprint density at radius 2 is 1.88 bits per heavy atom. The van der Waals surface area contributed by atoms with Crippen molar-refractivity contribution in [1.82, 2.24) is 0 Å². The van der Waals surface area contributed by atoms with E-state index in [0.29, 0.717) is 0 Å². The van der Waals surface area contributed by atoms with E-state index in [4.69, 9.17) is 0 Å². The topological polar surface area (TPSA) is 57.2 Å². The Bertz CT molecular complexity index is 128. The van der Waals surface area contributed by atoms with Crippen molar-refractivity contribution in [2.24, 2.45) is 0 Å². The van der Waals surface area contributed by atoms with Crippen LogP contribution < -0.4 is 0 Å². The smallest absolute Gasteiger partial charge is 0.748 e. The zero-order chi connectivity index (χ0) is 5.91. The van der Waals surface area contributed by atoms with E-state index in [0.717, 1.165) is 0 Å². The molecule has 8 heavy (non-hydrogen) atoms. The van der Waals surface area contributed by atoms with Gasteiger partial charge < -0.3 is 4.55 Å². The second kappa shape index (κ2) is 4.84. The first-order chi connectivity index (χ1) is 3.06. The minimum Gasteiger partial charge on any atom is -0.748 e. The van der Waals surface area contributed by atoms with E-state index in [2.05, 4.69) is 12.6 Å². The van der Waals surface area contributed by atoms with Crippen LogP contribution in [0.25, 0.3) is 0 Å². The maximum absolute atomic E-state index is 9.63. The summed E-state index contributed by atoms with van der Waals surface area (Å²) < 4.78 is 28.9. The molecule has 0 saturated heterocycles. The summed E-state index contributed by atoms with van der Waals surface area (Å²) in [6, 6.07) is 0. The molecule has 0 fully saturated rings. The van der Waals surface area contributed by atoms with Crippen LogP contribution in [0.2, 0.25) is 0 Å². The summed E-state index contributed by atoms with van der Waals surface area (Å²) in [5.41, 5.74) is 0. The summed E-state index contributed by atoms with van der Waals surface area (Å²) in [6.45, 7) is 0. The zero-order valence-corrected chi connectivity index (χ0v) is 7.67. The number of hydrogen-bond acceptors (Lipinski definition) is 4. The average Bonchev–Trinajstić information content (AvgIpc) is 1.30. The van der Waals surface area contributed by atoms with Crippen molar-refractivity contribution in [1.29, 1.82) is 0 Å². The maximum Gasteiger partial charge on any atom is 1.00 e. The molecule has 0 bridgehead atoms. The van der Waals surface area contributed by atoms with Gasteiger partial charge in [0, 0.05) is 11.5 Å². The van der Waals surface area contributed by atoms with Gasteiger partial charge in [0.15, 0.2) is 0 Å². The molecule has 0 aliphatic heterocycles. The predicted molar refractivity (Wildman–Crippen MR) is 28.4 cm³/mol. The van der Waals surface area contributed by atoms with Gasteiger partial charge in [-0.05, 0) is 0 Å². The number of hydrogen-bond donors (Lipinski definition) is 1. The van der Waals surface area contributed by atoms with Crippen LogP contribution in [-0.4, -0.2) is 24.5 Å². The molecule has 0 saturated carbocycles. The van der Waals surface area contributed by atoms with E-state index in [1.807, 2.05) is 0 Å². The predicted octanol–water partition coefficient (Wildman–Crippen LogP) is -0.541. The van der Waals surface area contributed by atoms with E-state index in [1.165, 1.54) is 0 Å². The standard InChI is InChI=1S/C2H6O3S2.Au/c3-7(4,5)2-1-6;/h6H,1-2H2,(H,3,4,5);/q;+1/p-1. The van der Waals surface area contributed by atoms with Crippen LogP contribution in [0.15, 0.2) is 0 Å². The molecule has 0 aromatic heterocycles. The normalized spacial score (nSPS) is 10.2. The molecule has 0 radical (unpaired) electrons. The fourth-order valence-electron chi connectivity index (χ4n) is 0.112. The third-order valence-corrected chi connectivity index (χ3v) is 1.57. The molecule has 0 spiro atoms. The SMILES string of the molecule is O=S(=O)([O-])CCS.[Au+]. The van der Waals surface area contributed by atoms with Gasteiger partial charge in [-0.25, -0.2) is 8.42 Å². The Kier molecular flexibility index (Phi) is 7.11. The summed E-state index contributed by atoms with van der Waals surface area (Å²) in [7, 11) is -4.00. The molecule has 0 unspecified atom stereocenters. The molecular weight excluding hydrogens is 333 g/mol. The average molecular weight is 338 g/mol. The van der Waals surface area contributed by atoms with Crippen LogP contribution in [-0.2, 0) is 32.5 Å². The van der Waals surface area contributed by atoms with Crippen molar-refractivity contribution in [2.75, 3.05) is 11.5 Å². The Morgan fingerprint density at radius 3 is 1.88 bits per heavy atom. The Labute approximate surface area is 69.5 Å². The second-order valence-corrected chi connectivity index (χ2v) is 2.96. The van der Waals surface area contributed by atoms with Crippen LogP contribution in [0.1, 0.15) is 0 Å². The third-order valence-electron chi connectivity index (χ3n) is 0.341. The van der Waals surface area contributed by atoms with E-state index >= 15 is 0 Å². The molecule has 0 aliphatic carbocycles.